The van der Waals surface area contributed by atoms with Crippen LogP contribution in [0.25, 0.3) is 0 Å². The molecule has 1 heterocycles. The van der Waals surface area contributed by atoms with Crippen LogP contribution in [0.5, 0.6) is 0 Å². The van der Waals surface area contributed by atoms with Crippen LogP contribution in [0.15, 0.2) is 18.2 Å². The van der Waals surface area contributed by atoms with Crippen LogP contribution in [0, 0.1) is 5.92 Å². The molecule has 1 aliphatic carbocycles. The minimum absolute atomic E-state index is 0.0594. The highest BCUT2D eigenvalue weighted by atomic mass is 32.2. The van der Waals surface area contributed by atoms with Gasteiger partial charge in [-0.15, -0.1) is 0 Å². The molecule has 138 valence electrons. The van der Waals surface area contributed by atoms with Gasteiger partial charge in [0.25, 0.3) is 0 Å². The molecule has 2 aliphatic rings. The molecule has 1 aromatic rings. The Bertz CT molecular complexity index is 758. The molecule has 5 nitrogen and oxygen atoms in total. The van der Waals surface area contributed by atoms with E-state index in [2.05, 4.69) is 37.4 Å². The van der Waals surface area contributed by atoms with Crippen LogP contribution in [0.3, 0.4) is 0 Å². The first-order valence-corrected chi connectivity index (χ1v) is 11.1. The molecule has 1 aliphatic heterocycles. The number of nitrogens with zero attached hydrogens (tertiary/aromatic N) is 1. The van der Waals surface area contributed by atoms with Gasteiger partial charge in [0.2, 0.25) is 0 Å². The first-order valence-electron chi connectivity index (χ1n) is 9.09. The van der Waals surface area contributed by atoms with Gasteiger partial charge in [-0.25, -0.2) is 13.2 Å². The van der Waals surface area contributed by atoms with E-state index in [9.17, 15) is 13.2 Å². The minimum atomic E-state index is -2.99. The second-order valence-corrected chi connectivity index (χ2v) is 10.0. The summed E-state index contributed by atoms with van der Waals surface area (Å²) in [6.07, 6.45) is 3.95. The Morgan fingerprint density at radius 1 is 1.32 bits per heavy atom. The van der Waals surface area contributed by atoms with Gasteiger partial charge in [0.05, 0.1) is 11.8 Å². The summed E-state index contributed by atoms with van der Waals surface area (Å²) in [5.74, 6) is 0.697. The summed E-state index contributed by atoms with van der Waals surface area (Å²) in [5.41, 5.74) is 3.87. The zero-order valence-corrected chi connectivity index (χ0v) is 16.1. The van der Waals surface area contributed by atoms with Gasteiger partial charge >= 0.3 is 6.03 Å². The van der Waals surface area contributed by atoms with Crippen LogP contribution in [0.1, 0.15) is 55.3 Å². The van der Waals surface area contributed by atoms with E-state index in [4.69, 9.17) is 0 Å². The van der Waals surface area contributed by atoms with Crippen LogP contribution in [-0.4, -0.2) is 44.4 Å². The van der Waals surface area contributed by atoms with E-state index >= 15 is 0 Å². The minimum Gasteiger partial charge on any atom is -0.331 e. The van der Waals surface area contributed by atoms with Crippen molar-refractivity contribution in [2.24, 2.45) is 5.92 Å². The molecule has 0 aromatic heterocycles. The lowest BCUT2D eigenvalue weighted by atomic mass is 9.97. The van der Waals surface area contributed by atoms with Crippen molar-refractivity contribution in [3.8, 4) is 0 Å². The summed E-state index contributed by atoms with van der Waals surface area (Å²) >= 11 is 0. The summed E-state index contributed by atoms with van der Waals surface area (Å²) in [4.78, 5) is 14.4. The smallest absolute Gasteiger partial charge is 0.317 e. The highest BCUT2D eigenvalue weighted by Crippen LogP contribution is 2.33. The molecular formula is C19H28N2O3S. The fourth-order valence-corrected chi connectivity index (χ4v) is 5.08. The number of aryl methyl sites for hydroxylation is 1. The van der Waals surface area contributed by atoms with Crippen molar-refractivity contribution in [2.75, 3.05) is 25.1 Å². The highest BCUT2D eigenvalue weighted by Gasteiger charge is 2.31. The van der Waals surface area contributed by atoms with Crippen LogP contribution in [0.4, 0.5) is 4.79 Å². The number of nitrogens with one attached hydrogen (secondary N) is 1. The maximum atomic E-state index is 12.6. The average molecular weight is 365 g/mol. The maximum absolute atomic E-state index is 12.6. The molecule has 0 radical (unpaired) electrons. The molecule has 1 N–H and O–H groups in total. The largest absolute Gasteiger partial charge is 0.331 e. The quantitative estimate of drug-likeness (QED) is 0.893. The standard InChI is InChI=1S/C19H28N2O3S/c1-13(2)16-5-4-15-6-7-18(17(15)10-16)20-19(22)21-9-8-14(11-21)12-25(3,23)24/h4-5,10,13-14,18H,6-9,11-12H2,1-3H3,(H,20,22). The first-order chi connectivity index (χ1) is 11.7. The number of likely N-dealkylation sites (tertiary alicyclic amines) is 1. The van der Waals surface area contributed by atoms with Crippen LogP contribution < -0.4 is 5.32 Å². The Morgan fingerprint density at radius 2 is 2.08 bits per heavy atom. The Morgan fingerprint density at radius 3 is 2.76 bits per heavy atom. The number of hydrogen-bond donors (Lipinski definition) is 1. The zero-order chi connectivity index (χ0) is 18.2. The molecule has 6 heteroatoms. The molecule has 0 spiro atoms. The van der Waals surface area contributed by atoms with Gasteiger partial charge in [-0.3, -0.25) is 0 Å². The number of hydrogen-bond acceptors (Lipinski definition) is 3. The van der Waals surface area contributed by atoms with E-state index < -0.39 is 9.84 Å². The molecule has 0 saturated carbocycles. The second-order valence-electron chi connectivity index (χ2n) is 7.85. The van der Waals surface area contributed by atoms with Gasteiger partial charge in [0.1, 0.15) is 9.84 Å². The fraction of sp³-hybridized carbons (Fsp3) is 0.632. The molecule has 2 atom stereocenters. The van der Waals surface area contributed by atoms with E-state index in [1.807, 2.05) is 0 Å². The third-order valence-electron chi connectivity index (χ3n) is 5.32. The number of carbonyl (C=O) groups excluding carboxylic acids is 1. The molecule has 3 rings (SSSR count). The van der Waals surface area contributed by atoms with E-state index in [0.29, 0.717) is 19.0 Å². The second kappa shape index (κ2) is 6.98. The topological polar surface area (TPSA) is 66.5 Å². The molecule has 2 amide bonds. The van der Waals surface area contributed by atoms with Gasteiger partial charge < -0.3 is 10.2 Å². The van der Waals surface area contributed by atoms with Crippen molar-refractivity contribution < 1.29 is 13.2 Å². The third kappa shape index (κ3) is 4.35. The molecule has 1 fully saturated rings. The van der Waals surface area contributed by atoms with Crippen LogP contribution in [0.2, 0.25) is 0 Å². The van der Waals surface area contributed by atoms with Gasteiger partial charge in [0, 0.05) is 19.3 Å². The SMILES string of the molecule is CC(C)c1ccc2c(c1)C(NC(=O)N1CCC(CS(C)(=O)=O)C1)CC2. The third-order valence-corrected chi connectivity index (χ3v) is 6.40. The van der Waals surface area contributed by atoms with Crippen molar-refractivity contribution in [1.29, 1.82) is 0 Å². The van der Waals surface area contributed by atoms with Gasteiger partial charge in [-0.05, 0) is 47.8 Å². The van der Waals surface area contributed by atoms with Crippen LogP contribution >= 0.6 is 0 Å². The Kier molecular flexibility index (Phi) is 5.09. The Labute approximate surface area is 150 Å². The molecular weight excluding hydrogens is 336 g/mol. The number of amides is 2. The monoisotopic (exact) mass is 364 g/mol. The molecule has 0 bridgehead atoms. The van der Waals surface area contributed by atoms with Crippen molar-refractivity contribution in [3.63, 3.8) is 0 Å². The maximum Gasteiger partial charge on any atom is 0.317 e. The Balaban J connectivity index is 1.63. The Hall–Kier alpha value is -1.56. The van der Waals surface area contributed by atoms with E-state index in [1.165, 1.54) is 22.9 Å². The van der Waals surface area contributed by atoms with Gasteiger partial charge in [0.15, 0.2) is 0 Å². The lowest BCUT2D eigenvalue weighted by molar-refractivity contribution is 0.203. The number of benzene rings is 1. The summed E-state index contributed by atoms with van der Waals surface area (Å²) in [5, 5.41) is 3.16. The molecule has 1 saturated heterocycles. The summed E-state index contributed by atoms with van der Waals surface area (Å²) in [6.45, 7) is 5.52. The normalized spacial score (nSPS) is 23.1. The first kappa shape index (κ1) is 18.2. The van der Waals surface area contributed by atoms with Crippen molar-refractivity contribution >= 4 is 15.9 Å². The van der Waals surface area contributed by atoms with E-state index in [-0.39, 0.29) is 23.7 Å². The number of rotatable bonds is 4. The van der Waals surface area contributed by atoms with Gasteiger partial charge in [-0.2, -0.15) is 0 Å². The predicted molar refractivity (Wildman–Crippen MR) is 99.5 cm³/mol. The molecule has 1 aromatic carbocycles. The van der Waals surface area contributed by atoms with Crippen LogP contribution in [-0.2, 0) is 16.3 Å². The summed E-state index contributed by atoms with van der Waals surface area (Å²) in [6, 6.07) is 6.60. The zero-order valence-electron chi connectivity index (χ0n) is 15.3. The molecule has 25 heavy (non-hydrogen) atoms. The molecule has 2 unspecified atom stereocenters. The van der Waals surface area contributed by atoms with Gasteiger partial charge in [-0.1, -0.05) is 32.0 Å². The highest BCUT2D eigenvalue weighted by molar-refractivity contribution is 7.90. The van der Waals surface area contributed by atoms with Crippen molar-refractivity contribution in [3.05, 3.63) is 34.9 Å². The van der Waals surface area contributed by atoms with Crippen molar-refractivity contribution in [2.45, 2.75) is 45.1 Å². The fourth-order valence-electron chi connectivity index (χ4n) is 3.95. The number of sulfone groups is 1. The predicted octanol–water partition coefficient (Wildman–Crippen LogP) is 2.87. The number of carbonyl (C=O) groups is 1. The number of fused-ring (bicyclic) bond motifs is 1. The average Bonchev–Trinajstić information content (AvgIpc) is 3.12. The summed E-state index contributed by atoms with van der Waals surface area (Å²) < 4.78 is 22.9. The van der Waals surface area contributed by atoms with E-state index in [0.717, 1.165) is 19.3 Å². The summed E-state index contributed by atoms with van der Waals surface area (Å²) in [7, 11) is -2.99. The lowest BCUT2D eigenvalue weighted by Crippen LogP contribution is -2.40. The number of urea groups is 1. The lowest BCUT2D eigenvalue weighted by Gasteiger charge is -2.22. The van der Waals surface area contributed by atoms with E-state index in [1.54, 1.807) is 4.90 Å². The van der Waals surface area contributed by atoms with Crippen molar-refractivity contribution in [1.82, 2.24) is 10.2 Å².